The zero-order valence-corrected chi connectivity index (χ0v) is 15.2. The van der Waals surface area contributed by atoms with Crippen molar-refractivity contribution >= 4 is 11.2 Å². The van der Waals surface area contributed by atoms with E-state index in [4.69, 9.17) is 9.47 Å². The normalized spacial score (nSPS) is 10.2. The molecule has 4 aromatic rings. The number of fused-ring (bicyclic) bond motifs is 1. The van der Waals surface area contributed by atoms with E-state index in [-0.39, 0.29) is 0 Å². The SMILES string of the molecule is COc1ccc(C#Cc2nc3ncccc3nc2OCc2ccncc2)cc1. The Morgan fingerprint density at radius 2 is 1.71 bits per heavy atom. The van der Waals surface area contributed by atoms with Crippen LogP contribution in [0.1, 0.15) is 16.8 Å². The van der Waals surface area contributed by atoms with Gasteiger partial charge in [-0.3, -0.25) is 4.98 Å². The molecule has 0 aliphatic heterocycles. The zero-order valence-electron chi connectivity index (χ0n) is 15.2. The fraction of sp³-hybridized carbons (Fsp3) is 0.0909. The molecule has 0 saturated carbocycles. The van der Waals surface area contributed by atoms with E-state index >= 15 is 0 Å². The predicted molar refractivity (Wildman–Crippen MR) is 105 cm³/mol. The molecule has 0 N–H and O–H groups in total. The summed E-state index contributed by atoms with van der Waals surface area (Å²) >= 11 is 0. The van der Waals surface area contributed by atoms with Gasteiger partial charge in [-0.2, -0.15) is 0 Å². The Bertz CT molecular complexity index is 1150. The number of aromatic nitrogens is 4. The highest BCUT2D eigenvalue weighted by Crippen LogP contribution is 2.18. The highest BCUT2D eigenvalue weighted by Gasteiger charge is 2.09. The quantitative estimate of drug-likeness (QED) is 0.514. The van der Waals surface area contributed by atoms with Crippen molar-refractivity contribution in [2.45, 2.75) is 6.61 Å². The second-order valence-corrected chi connectivity index (χ2v) is 5.85. The number of hydrogen-bond acceptors (Lipinski definition) is 6. The molecule has 1 aromatic carbocycles. The zero-order chi connectivity index (χ0) is 19.2. The van der Waals surface area contributed by atoms with Crippen LogP contribution in [0.25, 0.3) is 11.2 Å². The molecule has 0 aliphatic rings. The molecule has 0 radical (unpaired) electrons. The van der Waals surface area contributed by atoms with Crippen LogP contribution in [0.4, 0.5) is 0 Å². The van der Waals surface area contributed by atoms with Crippen LogP contribution in [-0.4, -0.2) is 27.0 Å². The van der Waals surface area contributed by atoms with Crippen LogP contribution in [0.2, 0.25) is 0 Å². The van der Waals surface area contributed by atoms with Crippen LogP contribution < -0.4 is 9.47 Å². The Balaban J connectivity index is 1.67. The average molecular weight is 368 g/mol. The summed E-state index contributed by atoms with van der Waals surface area (Å²) in [5.41, 5.74) is 3.44. The van der Waals surface area contributed by atoms with E-state index in [1.807, 2.05) is 48.5 Å². The van der Waals surface area contributed by atoms with Crippen LogP contribution >= 0.6 is 0 Å². The van der Waals surface area contributed by atoms with Gasteiger partial charge in [0.2, 0.25) is 5.88 Å². The van der Waals surface area contributed by atoms with E-state index in [1.54, 1.807) is 25.7 Å². The van der Waals surface area contributed by atoms with Crippen LogP contribution in [0, 0.1) is 11.8 Å². The summed E-state index contributed by atoms with van der Waals surface area (Å²) in [6, 6.07) is 14.9. The topological polar surface area (TPSA) is 70.0 Å². The lowest BCUT2D eigenvalue weighted by Crippen LogP contribution is -2.02. The number of methoxy groups -OCH3 is 1. The molecular weight excluding hydrogens is 352 g/mol. The van der Waals surface area contributed by atoms with Crippen LogP contribution in [0.15, 0.2) is 67.1 Å². The number of benzene rings is 1. The highest BCUT2D eigenvalue weighted by atomic mass is 16.5. The van der Waals surface area contributed by atoms with Crippen molar-refractivity contribution in [1.82, 2.24) is 19.9 Å². The third-order valence-electron chi connectivity index (χ3n) is 3.95. The molecule has 6 nitrogen and oxygen atoms in total. The van der Waals surface area contributed by atoms with Gasteiger partial charge in [0.1, 0.15) is 17.9 Å². The van der Waals surface area contributed by atoms with E-state index in [0.717, 1.165) is 16.9 Å². The average Bonchev–Trinajstić information content (AvgIpc) is 2.77. The molecule has 0 spiro atoms. The molecule has 136 valence electrons. The summed E-state index contributed by atoms with van der Waals surface area (Å²) in [7, 11) is 1.63. The van der Waals surface area contributed by atoms with Crippen molar-refractivity contribution in [3.05, 3.63) is 83.9 Å². The van der Waals surface area contributed by atoms with Gasteiger partial charge >= 0.3 is 0 Å². The van der Waals surface area contributed by atoms with Crippen LogP contribution in [0.3, 0.4) is 0 Å². The van der Waals surface area contributed by atoms with Gasteiger partial charge in [0.15, 0.2) is 11.3 Å². The third-order valence-corrected chi connectivity index (χ3v) is 3.95. The van der Waals surface area contributed by atoms with Gasteiger partial charge in [0, 0.05) is 24.2 Å². The van der Waals surface area contributed by atoms with Crippen LogP contribution in [-0.2, 0) is 6.61 Å². The number of ether oxygens (including phenoxy) is 2. The lowest BCUT2D eigenvalue weighted by molar-refractivity contribution is 0.292. The summed E-state index contributed by atoms with van der Waals surface area (Å²) in [4.78, 5) is 17.3. The fourth-order valence-electron chi connectivity index (χ4n) is 2.50. The van der Waals surface area contributed by atoms with Gasteiger partial charge in [-0.1, -0.05) is 5.92 Å². The molecule has 4 rings (SSSR count). The van der Waals surface area contributed by atoms with Crippen LogP contribution in [0.5, 0.6) is 11.6 Å². The fourth-order valence-corrected chi connectivity index (χ4v) is 2.50. The largest absolute Gasteiger partial charge is 0.497 e. The Hall–Kier alpha value is -3.98. The van der Waals surface area contributed by atoms with Gasteiger partial charge in [0.25, 0.3) is 0 Å². The Morgan fingerprint density at radius 3 is 2.50 bits per heavy atom. The summed E-state index contributed by atoms with van der Waals surface area (Å²) in [5.74, 6) is 7.30. The third kappa shape index (κ3) is 4.05. The minimum Gasteiger partial charge on any atom is -0.497 e. The Labute approximate surface area is 162 Å². The molecule has 0 aliphatic carbocycles. The molecule has 0 unspecified atom stereocenters. The Kier molecular flexibility index (Phi) is 5.07. The van der Waals surface area contributed by atoms with Gasteiger partial charge in [0.05, 0.1) is 7.11 Å². The number of hydrogen-bond donors (Lipinski definition) is 0. The van der Waals surface area contributed by atoms with Crippen molar-refractivity contribution in [3.8, 4) is 23.5 Å². The monoisotopic (exact) mass is 368 g/mol. The minimum atomic E-state index is 0.347. The standard InChI is InChI=1S/C22H16N4O2/c1-27-18-7-4-16(5-8-18)6-9-20-22(28-15-17-10-13-23-14-11-17)26-19-3-2-12-24-21(19)25-20/h2-5,7-8,10-14H,15H2,1H3. The summed E-state index contributed by atoms with van der Waals surface area (Å²) in [6.07, 6.45) is 5.12. The molecule has 28 heavy (non-hydrogen) atoms. The summed E-state index contributed by atoms with van der Waals surface area (Å²) in [5, 5.41) is 0. The second kappa shape index (κ2) is 8.14. The van der Waals surface area contributed by atoms with E-state index in [2.05, 4.69) is 31.8 Å². The predicted octanol–water partition coefficient (Wildman–Crippen LogP) is 3.41. The van der Waals surface area contributed by atoms with Crippen molar-refractivity contribution < 1.29 is 9.47 Å². The summed E-state index contributed by atoms with van der Waals surface area (Å²) in [6.45, 7) is 0.347. The first-order valence-corrected chi connectivity index (χ1v) is 8.62. The van der Waals surface area contributed by atoms with Gasteiger partial charge in [-0.05, 0) is 60.0 Å². The molecule has 0 bridgehead atoms. The molecule has 0 fully saturated rings. The Morgan fingerprint density at radius 1 is 0.893 bits per heavy atom. The van der Waals surface area contributed by atoms with E-state index in [9.17, 15) is 0 Å². The first kappa shape index (κ1) is 17.4. The molecule has 0 saturated heterocycles. The first-order chi connectivity index (χ1) is 13.8. The van der Waals surface area contributed by atoms with Gasteiger partial charge in [-0.15, -0.1) is 0 Å². The first-order valence-electron chi connectivity index (χ1n) is 8.62. The van der Waals surface area contributed by atoms with Crippen molar-refractivity contribution in [2.24, 2.45) is 0 Å². The second-order valence-electron chi connectivity index (χ2n) is 5.85. The number of pyridine rings is 2. The molecule has 0 atom stereocenters. The summed E-state index contributed by atoms with van der Waals surface area (Å²) < 4.78 is 11.1. The molecule has 0 amide bonds. The lowest BCUT2D eigenvalue weighted by atomic mass is 10.2. The molecule has 3 heterocycles. The maximum absolute atomic E-state index is 5.90. The maximum atomic E-state index is 5.90. The highest BCUT2D eigenvalue weighted by molar-refractivity contribution is 5.71. The van der Waals surface area contributed by atoms with E-state index < -0.39 is 0 Å². The van der Waals surface area contributed by atoms with Gasteiger partial charge in [-0.25, -0.2) is 15.0 Å². The van der Waals surface area contributed by atoms with E-state index in [1.165, 1.54) is 0 Å². The smallest absolute Gasteiger partial charge is 0.250 e. The molecular formula is C22H16N4O2. The number of rotatable bonds is 4. The van der Waals surface area contributed by atoms with Crippen molar-refractivity contribution in [3.63, 3.8) is 0 Å². The van der Waals surface area contributed by atoms with Crippen molar-refractivity contribution in [1.29, 1.82) is 0 Å². The maximum Gasteiger partial charge on any atom is 0.250 e. The van der Waals surface area contributed by atoms with Crippen molar-refractivity contribution in [2.75, 3.05) is 7.11 Å². The minimum absolute atomic E-state index is 0.347. The van der Waals surface area contributed by atoms with Gasteiger partial charge < -0.3 is 9.47 Å². The molecule has 3 aromatic heterocycles. The number of nitrogens with zero attached hydrogens (tertiary/aromatic N) is 4. The lowest BCUT2D eigenvalue weighted by Gasteiger charge is -2.07. The molecule has 6 heteroatoms. The van der Waals surface area contributed by atoms with E-state index in [0.29, 0.717) is 29.3 Å².